The minimum Gasteiger partial charge on any atom is -0.457 e. The summed E-state index contributed by atoms with van der Waals surface area (Å²) in [7, 11) is 2.05. The SMILES string of the molecule is CCCCN(C)c1ccnc(Nc2ccc(Oc3ccccc3)cc2)n1. The van der Waals surface area contributed by atoms with Crippen LogP contribution in [0.1, 0.15) is 19.8 Å². The van der Waals surface area contributed by atoms with Crippen molar-refractivity contribution < 1.29 is 4.74 Å². The van der Waals surface area contributed by atoms with Crippen LogP contribution >= 0.6 is 0 Å². The second kappa shape index (κ2) is 8.85. The zero-order valence-electron chi connectivity index (χ0n) is 15.2. The van der Waals surface area contributed by atoms with Crippen molar-refractivity contribution in [3.05, 3.63) is 66.9 Å². The third-order valence-corrected chi connectivity index (χ3v) is 3.97. The average Bonchev–Trinajstić information content (AvgIpc) is 2.69. The third kappa shape index (κ3) is 4.96. The van der Waals surface area contributed by atoms with E-state index in [4.69, 9.17) is 4.74 Å². The van der Waals surface area contributed by atoms with Gasteiger partial charge >= 0.3 is 0 Å². The quantitative estimate of drug-likeness (QED) is 0.602. The molecule has 26 heavy (non-hydrogen) atoms. The van der Waals surface area contributed by atoms with Crippen LogP contribution in [0.15, 0.2) is 66.9 Å². The van der Waals surface area contributed by atoms with Crippen LogP contribution < -0.4 is 15.0 Å². The van der Waals surface area contributed by atoms with Gasteiger partial charge in [0.25, 0.3) is 0 Å². The third-order valence-electron chi connectivity index (χ3n) is 3.97. The van der Waals surface area contributed by atoms with E-state index in [1.54, 1.807) is 6.20 Å². The van der Waals surface area contributed by atoms with E-state index in [1.165, 1.54) is 0 Å². The first kappa shape index (κ1) is 17.7. The van der Waals surface area contributed by atoms with Gasteiger partial charge in [-0.2, -0.15) is 4.98 Å². The van der Waals surface area contributed by atoms with Gasteiger partial charge in [0.15, 0.2) is 0 Å². The van der Waals surface area contributed by atoms with Crippen molar-refractivity contribution in [1.82, 2.24) is 9.97 Å². The number of anilines is 3. The molecular formula is C21H24N4O. The normalized spacial score (nSPS) is 10.4. The van der Waals surface area contributed by atoms with Crippen molar-refractivity contribution in [1.29, 1.82) is 0 Å². The maximum atomic E-state index is 5.81. The summed E-state index contributed by atoms with van der Waals surface area (Å²) in [4.78, 5) is 11.0. The maximum absolute atomic E-state index is 5.81. The topological polar surface area (TPSA) is 50.3 Å². The lowest BCUT2D eigenvalue weighted by atomic mass is 10.3. The van der Waals surface area contributed by atoms with Gasteiger partial charge in [-0.1, -0.05) is 31.5 Å². The summed E-state index contributed by atoms with van der Waals surface area (Å²) in [5, 5.41) is 3.24. The number of rotatable bonds is 8. The van der Waals surface area contributed by atoms with Gasteiger partial charge in [-0.05, 0) is 48.9 Å². The summed E-state index contributed by atoms with van der Waals surface area (Å²) >= 11 is 0. The van der Waals surface area contributed by atoms with E-state index in [1.807, 2.05) is 60.7 Å². The number of nitrogens with one attached hydrogen (secondary N) is 1. The summed E-state index contributed by atoms with van der Waals surface area (Å²) in [6.45, 7) is 3.17. The molecule has 0 aliphatic carbocycles. The average molecular weight is 348 g/mol. The minimum absolute atomic E-state index is 0.586. The molecule has 5 heteroatoms. The zero-order valence-corrected chi connectivity index (χ0v) is 15.2. The van der Waals surface area contributed by atoms with Crippen LogP contribution in [0.4, 0.5) is 17.5 Å². The number of aromatic nitrogens is 2. The molecule has 0 radical (unpaired) electrons. The van der Waals surface area contributed by atoms with Crippen LogP contribution in [0.3, 0.4) is 0 Å². The first-order chi connectivity index (χ1) is 12.7. The Labute approximate surface area is 154 Å². The van der Waals surface area contributed by atoms with Crippen LogP contribution in [0.25, 0.3) is 0 Å². The van der Waals surface area contributed by atoms with E-state index >= 15 is 0 Å². The molecule has 1 aromatic heterocycles. The Bertz CT molecular complexity index is 806. The molecule has 0 amide bonds. The first-order valence-corrected chi connectivity index (χ1v) is 8.89. The van der Waals surface area contributed by atoms with Gasteiger partial charge in [-0.3, -0.25) is 0 Å². The Kier molecular flexibility index (Phi) is 6.04. The lowest BCUT2D eigenvalue weighted by Crippen LogP contribution is -2.19. The molecule has 0 saturated heterocycles. The van der Waals surface area contributed by atoms with E-state index in [0.717, 1.165) is 42.4 Å². The highest BCUT2D eigenvalue weighted by atomic mass is 16.5. The highest BCUT2D eigenvalue weighted by Gasteiger charge is 2.05. The molecular weight excluding hydrogens is 324 g/mol. The molecule has 0 aliphatic heterocycles. The van der Waals surface area contributed by atoms with Gasteiger partial charge in [0.05, 0.1) is 0 Å². The molecule has 0 unspecified atom stereocenters. The summed E-state index contributed by atoms with van der Waals surface area (Å²) in [5.41, 5.74) is 0.916. The second-order valence-corrected chi connectivity index (χ2v) is 6.08. The molecule has 0 saturated carbocycles. The number of para-hydroxylation sites is 1. The number of benzene rings is 2. The second-order valence-electron chi connectivity index (χ2n) is 6.08. The highest BCUT2D eigenvalue weighted by molar-refractivity contribution is 5.56. The van der Waals surface area contributed by atoms with Gasteiger partial charge in [-0.25, -0.2) is 4.98 Å². The fourth-order valence-electron chi connectivity index (χ4n) is 2.49. The minimum atomic E-state index is 0.586. The zero-order chi connectivity index (χ0) is 18.2. The molecule has 1 N–H and O–H groups in total. The van der Waals surface area contributed by atoms with Gasteiger partial charge < -0.3 is 15.0 Å². The van der Waals surface area contributed by atoms with Gasteiger partial charge in [-0.15, -0.1) is 0 Å². The number of ether oxygens (including phenoxy) is 1. The Hall–Kier alpha value is -3.08. The largest absolute Gasteiger partial charge is 0.457 e. The van der Waals surface area contributed by atoms with Crippen molar-refractivity contribution in [2.75, 3.05) is 23.8 Å². The highest BCUT2D eigenvalue weighted by Crippen LogP contribution is 2.24. The summed E-state index contributed by atoms with van der Waals surface area (Å²) in [6.07, 6.45) is 4.09. The Balaban J connectivity index is 1.64. The fourth-order valence-corrected chi connectivity index (χ4v) is 2.49. The van der Waals surface area contributed by atoms with Crippen LogP contribution in [0.5, 0.6) is 11.5 Å². The number of nitrogens with zero attached hydrogens (tertiary/aromatic N) is 3. The Morgan fingerprint density at radius 2 is 1.69 bits per heavy atom. The fraction of sp³-hybridized carbons (Fsp3) is 0.238. The molecule has 0 atom stereocenters. The summed E-state index contributed by atoms with van der Waals surface area (Å²) < 4.78 is 5.81. The van der Waals surface area contributed by atoms with Crippen LogP contribution in [-0.4, -0.2) is 23.6 Å². The first-order valence-electron chi connectivity index (χ1n) is 8.89. The van der Waals surface area contributed by atoms with Crippen molar-refractivity contribution in [3.63, 3.8) is 0 Å². The van der Waals surface area contributed by atoms with Crippen LogP contribution in [0, 0.1) is 0 Å². The Morgan fingerprint density at radius 1 is 0.962 bits per heavy atom. The summed E-state index contributed by atoms with van der Waals surface area (Å²) in [6, 6.07) is 19.4. The van der Waals surface area contributed by atoms with E-state index in [2.05, 4.69) is 34.2 Å². The molecule has 0 fully saturated rings. The molecule has 134 valence electrons. The Morgan fingerprint density at radius 3 is 2.42 bits per heavy atom. The smallest absolute Gasteiger partial charge is 0.229 e. The number of hydrogen-bond donors (Lipinski definition) is 1. The molecule has 0 spiro atoms. The van der Waals surface area contributed by atoms with Crippen LogP contribution in [-0.2, 0) is 0 Å². The van der Waals surface area contributed by atoms with Gasteiger partial charge in [0.1, 0.15) is 17.3 Å². The summed E-state index contributed by atoms with van der Waals surface area (Å²) in [5.74, 6) is 3.11. The van der Waals surface area contributed by atoms with E-state index in [9.17, 15) is 0 Å². The van der Waals surface area contributed by atoms with E-state index in [0.29, 0.717) is 5.95 Å². The lowest BCUT2D eigenvalue weighted by Gasteiger charge is -2.18. The predicted octanol–water partition coefficient (Wildman–Crippen LogP) is 5.25. The van der Waals surface area contributed by atoms with Gasteiger partial charge in [0, 0.05) is 25.5 Å². The standard InChI is InChI=1S/C21H24N4O/c1-3-4-16-25(2)20-14-15-22-21(24-20)23-17-10-12-19(13-11-17)26-18-8-6-5-7-9-18/h5-15H,3-4,16H2,1-2H3,(H,22,23,24). The molecule has 2 aromatic carbocycles. The molecule has 1 heterocycles. The number of hydrogen-bond acceptors (Lipinski definition) is 5. The lowest BCUT2D eigenvalue weighted by molar-refractivity contribution is 0.483. The van der Waals surface area contributed by atoms with Crippen molar-refractivity contribution in [2.45, 2.75) is 19.8 Å². The predicted molar refractivity (Wildman–Crippen MR) is 106 cm³/mol. The van der Waals surface area contributed by atoms with Crippen molar-refractivity contribution in [2.24, 2.45) is 0 Å². The monoisotopic (exact) mass is 348 g/mol. The van der Waals surface area contributed by atoms with Gasteiger partial charge in [0.2, 0.25) is 5.95 Å². The molecule has 0 aliphatic rings. The van der Waals surface area contributed by atoms with E-state index < -0.39 is 0 Å². The molecule has 5 nitrogen and oxygen atoms in total. The molecule has 3 rings (SSSR count). The van der Waals surface area contributed by atoms with E-state index in [-0.39, 0.29) is 0 Å². The molecule has 3 aromatic rings. The number of unbranched alkanes of at least 4 members (excludes halogenated alkanes) is 1. The van der Waals surface area contributed by atoms with Crippen molar-refractivity contribution in [3.8, 4) is 11.5 Å². The molecule has 0 bridgehead atoms. The van der Waals surface area contributed by atoms with Crippen molar-refractivity contribution >= 4 is 17.5 Å². The van der Waals surface area contributed by atoms with Crippen LogP contribution in [0.2, 0.25) is 0 Å². The maximum Gasteiger partial charge on any atom is 0.229 e.